The molecule has 1 aromatic heterocycles. The maximum atomic E-state index is 5.87. The average Bonchev–Trinajstić information content (AvgIpc) is 2.96. The van der Waals surface area contributed by atoms with Gasteiger partial charge in [0, 0.05) is 10.8 Å². The van der Waals surface area contributed by atoms with Crippen LogP contribution in [0.15, 0.2) is 42.6 Å². The third-order valence-electron chi connectivity index (χ3n) is 4.03. The van der Waals surface area contributed by atoms with Gasteiger partial charge in [0.05, 0.1) is 17.8 Å². The minimum absolute atomic E-state index is 0.168. The van der Waals surface area contributed by atoms with Gasteiger partial charge in [0.1, 0.15) is 5.75 Å². The van der Waals surface area contributed by atoms with Gasteiger partial charge in [-0.1, -0.05) is 23.8 Å². The smallest absolute Gasteiger partial charge is 0.120 e. The number of hydrogen-bond acceptors (Lipinski definition) is 2. The Balaban J connectivity index is 2.16. The molecule has 3 heteroatoms. The second kappa shape index (κ2) is 4.73. The maximum Gasteiger partial charge on any atom is 0.120 e. The van der Waals surface area contributed by atoms with Gasteiger partial charge < -0.3 is 4.74 Å². The molecule has 0 fully saturated rings. The largest absolute Gasteiger partial charge is 0.491 e. The zero-order valence-electron chi connectivity index (χ0n) is 13.0. The summed E-state index contributed by atoms with van der Waals surface area (Å²) in [5.41, 5.74) is 2.34. The molecule has 3 aromatic carbocycles. The standard InChI is InChI=1S/C19H18N2O/c1-11(2)22-13-5-7-15-17(9-13)16-8-12(3)4-6-14(16)18-10-20-21-19(15)18/h4-11H,1-3H3,(H,20,21). The zero-order chi connectivity index (χ0) is 15.3. The molecular weight excluding hydrogens is 272 g/mol. The molecule has 22 heavy (non-hydrogen) atoms. The van der Waals surface area contributed by atoms with E-state index in [9.17, 15) is 0 Å². The van der Waals surface area contributed by atoms with Crippen LogP contribution in [-0.4, -0.2) is 16.3 Å². The first-order valence-corrected chi connectivity index (χ1v) is 7.59. The van der Waals surface area contributed by atoms with E-state index in [2.05, 4.69) is 47.5 Å². The lowest BCUT2D eigenvalue weighted by atomic mass is 9.97. The molecule has 0 aliphatic rings. The summed E-state index contributed by atoms with van der Waals surface area (Å²) < 4.78 is 5.87. The highest BCUT2D eigenvalue weighted by atomic mass is 16.5. The summed E-state index contributed by atoms with van der Waals surface area (Å²) in [6, 6.07) is 12.9. The van der Waals surface area contributed by atoms with Crippen LogP contribution in [0.25, 0.3) is 32.4 Å². The average molecular weight is 290 g/mol. The SMILES string of the molecule is Cc1ccc2c(c1)c1cc(OC(C)C)ccc1c1[nH]ncc21. The van der Waals surface area contributed by atoms with Crippen LogP contribution in [0.3, 0.4) is 0 Å². The van der Waals surface area contributed by atoms with Crippen molar-refractivity contribution in [3.63, 3.8) is 0 Å². The summed E-state index contributed by atoms with van der Waals surface area (Å²) in [6.45, 7) is 6.22. The Bertz CT molecular complexity index is 999. The van der Waals surface area contributed by atoms with Crippen LogP contribution in [0.1, 0.15) is 19.4 Å². The van der Waals surface area contributed by atoms with Gasteiger partial charge in [-0.2, -0.15) is 5.10 Å². The number of nitrogens with one attached hydrogen (secondary N) is 1. The van der Waals surface area contributed by atoms with Crippen molar-refractivity contribution in [1.82, 2.24) is 10.2 Å². The fourth-order valence-electron chi connectivity index (χ4n) is 3.12. The van der Waals surface area contributed by atoms with Crippen LogP contribution in [0.2, 0.25) is 0 Å². The molecule has 0 bridgehead atoms. The molecule has 0 amide bonds. The Morgan fingerprint density at radius 2 is 1.68 bits per heavy atom. The van der Waals surface area contributed by atoms with Crippen molar-refractivity contribution in [2.75, 3.05) is 0 Å². The van der Waals surface area contributed by atoms with E-state index in [1.165, 1.54) is 32.5 Å². The number of benzene rings is 3. The van der Waals surface area contributed by atoms with Gasteiger partial charge in [0.15, 0.2) is 0 Å². The third-order valence-corrected chi connectivity index (χ3v) is 4.03. The topological polar surface area (TPSA) is 37.9 Å². The molecule has 0 unspecified atom stereocenters. The minimum Gasteiger partial charge on any atom is -0.491 e. The van der Waals surface area contributed by atoms with E-state index in [4.69, 9.17) is 4.74 Å². The summed E-state index contributed by atoms with van der Waals surface area (Å²) in [5.74, 6) is 0.907. The monoisotopic (exact) mass is 290 g/mol. The van der Waals surface area contributed by atoms with E-state index in [0.29, 0.717) is 0 Å². The fraction of sp³-hybridized carbons (Fsp3) is 0.211. The van der Waals surface area contributed by atoms with Crippen molar-refractivity contribution in [2.24, 2.45) is 0 Å². The first-order chi connectivity index (χ1) is 10.6. The first kappa shape index (κ1) is 13.1. The maximum absolute atomic E-state index is 5.87. The summed E-state index contributed by atoms with van der Waals surface area (Å²) >= 11 is 0. The highest BCUT2D eigenvalue weighted by Gasteiger charge is 2.11. The number of hydrogen-bond donors (Lipinski definition) is 1. The molecule has 4 rings (SSSR count). The van der Waals surface area contributed by atoms with E-state index in [1.54, 1.807) is 0 Å². The minimum atomic E-state index is 0.168. The third kappa shape index (κ3) is 1.93. The lowest BCUT2D eigenvalue weighted by Crippen LogP contribution is -2.05. The number of nitrogens with zero attached hydrogens (tertiary/aromatic N) is 1. The predicted molar refractivity (Wildman–Crippen MR) is 91.6 cm³/mol. The molecule has 110 valence electrons. The molecule has 0 aliphatic carbocycles. The van der Waals surface area contributed by atoms with Gasteiger partial charge in [-0.05, 0) is 55.1 Å². The Morgan fingerprint density at radius 3 is 2.50 bits per heavy atom. The molecule has 3 nitrogen and oxygen atoms in total. The van der Waals surface area contributed by atoms with Crippen molar-refractivity contribution in [1.29, 1.82) is 0 Å². The Morgan fingerprint density at radius 1 is 0.909 bits per heavy atom. The van der Waals surface area contributed by atoms with E-state index in [0.717, 1.165) is 11.3 Å². The van der Waals surface area contributed by atoms with Crippen LogP contribution >= 0.6 is 0 Å². The predicted octanol–water partition coefficient (Wildman–Crippen LogP) is 4.96. The van der Waals surface area contributed by atoms with Crippen LogP contribution in [-0.2, 0) is 0 Å². The van der Waals surface area contributed by atoms with E-state index < -0.39 is 0 Å². The van der Waals surface area contributed by atoms with Gasteiger partial charge in [0.2, 0.25) is 0 Å². The summed E-state index contributed by atoms with van der Waals surface area (Å²) in [5, 5.41) is 13.4. The molecule has 0 aliphatic heterocycles. The van der Waals surface area contributed by atoms with Gasteiger partial charge in [-0.25, -0.2) is 0 Å². The highest BCUT2D eigenvalue weighted by Crippen LogP contribution is 2.36. The van der Waals surface area contributed by atoms with Gasteiger partial charge in [0.25, 0.3) is 0 Å². The normalized spacial score (nSPS) is 11.8. The van der Waals surface area contributed by atoms with E-state index in [-0.39, 0.29) is 6.10 Å². The lowest BCUT2D eigenvalue weighted by Gasteiger charge is -2.12. The number of fused-ring (bicyclic) bond motifs is 6. The summed E-state index contributed by atoms with van der Waals surface area (Å²) in [7, 11) is 0. The molecule has 1 heterocycles. The van der Waals surface area contributed by atoms with Gasteiger partial charge in [-0.15, -0.1) is 0 Å². The van der Waals surface area contributed by atoms with Gasteiger partial charge in [-0.3, -0.25) is 5.10 Å². The number of aromatic nitrogens is 2. The second-order valence-electron chi connectivity index (χ2n) is 6.08. The zero-order valence-corrected chi connectivity index (χ0v) is 13.0. The Hall–Kier alpha value is -2.55. The number of ether oxygens (including phenoxy) is 1. The Labute approximate surface area is 128 Å². The number of aromatic amines is 1. The van der Waals surface area contributed by atoms with Crippen molar-refractivity contribution < 1.29 is 4.74 Å². The molecule has 4 aromatic rings. The van der Waals surface area contributed by atoms with E-state index >= 15 is 0 Å². The fourth-order valence-corrected chi connectivity index (χ4v) is 3.12. The van der Waals surface area contributed by atoms with Crippen LogP contribution in [0.4, 0.5) is 0 Å². The van der Waals surface area contributed by atoms with Crippen LogP contribution < -0.4 is 4.74 Å². The first-order valence-electron chi connectivity index (χ1n) is 7.59. The van der Waals surface area contributed by atoms with Crippen molar-refractivity contribution >= 4 is 32.4 Å². The molecule has 0 spiro atoms. The van der Waals surface area contributed by atoms with Crippen LogP contribution in [0.5, 0.6) is 5.75 Å². The molecule has 0 atom stereocenters. The number of aryl methyl sites for hydroxylation is 1. The van der Waals surface area contributed by atoms with Crippen LogP contribution in [0, 0.1) is 6.92 Å². The molecule has 0 saturated carbocycles. The van der Waals surface area contributed by atoms with Gasteiger partial charge >= 0.3 is 0 Å². The molecule has 0 radical (unpaired) electrons. The number of rotatable bonds is 2. The lowest BCUT2D eigenvalue weighted by molar-refractivity contribution is 0.243. The number of H-pyrrole nitrogens is 1. The second-order valence-corrected chi connectivity index (χ2v) is 6.08. The highest BCUT2D eigenvalue weighted by molar-refractivity contribution is 6.24. The molecular formula is C19H18N2O. The summed E-state index contributed by atoms with van der Waals surface area (Å²) in [4.78, 5) is 0. The molecule has 0 saturated heterocycles. The summed E-state index contributed by atoms with van der Waals surface area (Å²) in [6.07, 6.45) is 2.08. The quantitative estimate of drug-likeness (QED) is 0.529. The van der Waals surface area contributed by atoms with E-state index in [1.807, 2.05) is 26.1 Å². The molecule has 1 N–H and O–H groups in total. The van der Waals surface area contributed by atoms with Crippen molar-refractivity contribution in [3.05, 3.63) is 48.2 Å². The van der Waals surface area contributed by atoms with Crippen molar-refractivity contribution in [2.45, 2.75) is 26.9 Å². The Kier molecular flexibility index (Phi) is 2.83. The van der Waals surface area contributed by atoms with Crippen molar-refractivity contribution in [3.8, 4) is 5.75 Å².